The summed E-state index contributed by atoms with van der Waals surface area (Å²) < 4.78 is 0. The molecule has 1 aromatic heterocycles. The van der Waals surface area contributed by atoms with Crippen LogP contribution in [0.25, 0.3) is 0 Å². The van der Waals surface area contributed by atoms with Crippen LogP contribution in [0.15, 0.2) is 42.6 Å². The van der Waals surface area contributed by atoms with Crippen LogP contribution in [0.4, 0.5) is 5.69 Å². The van der Waals surface area contributed by atoms with Gasteiger partial charge in [0.1, 0.15) is 11.7 Å². The highest BCUT2D eigenvalue weighted by atomic mass is 35.5. The van der Waals surface area contributed by atoms with Gasteiger partial charge in [0.05, 0.1) is 0 Å². The van der Waals surface area contributed by atoms with E-state index in [0.717, 1.165) is 17.7 Å². The molecule has 0 fully saturated rings. The minimum Gasteiger partial charge on any atom is -0.329 e. The first-order chi connectivity index (χ1) is 11.5. The van der Waals surface area contributed by atoms with Gasteiger partial charge in [-0.05, 0) is 37.1 Å². The van der Waals surface area contributed by atoms with Crippen molar-refractivity contribution >= 4 is 29.1 Å². The maximum absolute atomic E-state index is 12.6. The first kappa shape index (κ1) is 17.9. The number of halogens is 1. The van der Waals surface area contributed by atoms with Crippen LogP contribution >= 0.6 is 11.6 Å². The topological polar surface area (TPSA) is 62.3 Å². The summed E-state index contributed by atoms with van der Waals surface area (Å²) in [6, 6.07) is 10.6. The number of benzene rings is 1. The predicted octanol–water partition coefficient (Wildman–Crippen LogP) is 3.53. The van der Waals surface area contributed by atoms with Crippen molar-refractivity contribution in [2.24, 2.45) is 0 Å². The van der Waals surface area contributed by atoms with Crippen LogP contribution < -0.4 is 5.32 Å². The molecule has 0 aliphatic heterocycles. The van der Waals surface area contributed by atoms with Crippen LogP contribution in [-0.4, -0.2) is 34.8 Å². The maximum Gasteiger partial charge on any atom is 0.254 e. The van der Waals surface area contributed by atoms with Crippen molar-refractivity contribution in [2.45, 2.75) is 20.3 Å². The van der Waals surface area contributed by atoms with Gasteiger partial charge in [-0.2, -0.15) is 0 Å². The SMILES string of the molecule is CCCN(CC(=O)Nc1ccccc1C)C(=O)c1ccnc(Cl)c1. The van der Waals surface area contributed by atoms with Gasteiger partial charge in [-0.15, -0.1) is 0 Å². The number of nitrogens with one attached hydrogen (secondary N) is 1. The monoisotopic (exact) mass is 345 g/mol. The summed E-state index contributed by atoms with van der Waals surface area (Å²) in [6.07, 6.45) is 2.23. The third-order valence-electron chi connectivity index (χ3n) is 3.51. The standard InChI is InChI=1S/C18H20ClN3O2/c1-3-10-22(18(24)14-8-9-20-16(19)11-14)12-17(23)21-15-7-5-4-6-13(15)2/h4-9,11H,3,10,12H2,1-2H3,(H,21,23). The second kappa shape index (κ2) is 8.45. The molecule has 5 nitrogen and oxygen atoms in total. The zero-order chi connectivity index (χ0) is 17.5. The molecule has 24 heavy (non-hydrogen) atoms. The van der Waals surface area contributed by atoms with Crippen molar-refractivity contribution in [3.8, 4) is 0 Å². The van der Waals surface area contributed by atoms with E-state index in [9.17, 15) is 9.59 Å². The van der Waals surface area contributed by atoms with E-state index in [4.69, 9.17) is 11.6 Å². The number of amides is 2. The number of anilines is 1. The van der Waals surface area contributed by atoms with Gasteiger partial charge < -0.3 is 10.2 Å². The van der Waals surface area contributed by atoms with Crippen molar-refractivity contribution < 1.29 is 9.59 Å². The number of para-hydroxylation sites is 1. The molecule has 0 aliphatic carbocycles. The summed E-state index contributed by atoms with van der Waals surface area (Å²) in [5, 5.41) is 3.10. The Hall–Kier alpha value is -2.40. The normalized spacial score (nSPS) is 10.3. The van der Waals surface area contributed by atoms with Gasteiger partial charge in [0, 0.05) is 24.0 Å². The molecule has 0 bridgehead atoms. The van der Waals surface area contributed by atoms with E-state index in [2.05, 4.69) is 10.3 Å². The molecule has 2 aromatic rings. The number of pyridine rings is 1. The van der Waals surface area contributed by atoms with Crippen molar-refractivity contribution in [1.29, 1.82) is 0 Å². The maximum atomic E-state index is 12.6. The fraction of sp³-hybridized carbons (Fsp3) is 0.278. The van der Waals surface area contributed by atoms with Gasteiger partial charge in [0.15, 0.2) is 0 Å². The highest BCUT2D eigenvalue weighted by Crippen LogP contribution is 2.14. The van der Waals surface area contributed by atoms with Crippen LogP contribution in [0, 0.1) is 6.92 Å². The van der Waals surface area contributed by atoms with Crippen molar-refractivity contribution in [2.75, 3.05) is 18.4 Å². The molecule has 0 spiro atoms. The Morgan fingerprint density at radius 3 is 2.67 bits per heavy atom. The molecule has 6 heteroatoms. The number of hydrogen-bond acceptors (Lipinski definition) is 3. The van der Waals surface area contributed by atoms with Crippen LogP contribution in [-0.2, 0) is 4.79 Å². The fourth-order valence-corrected chi connectivity index (χ4v) is 2.49. The molecule has 2 rings (SSSR count). The molecule has 2 amide bonds. The lowest BCUT2D eigenvalue weighted by molar-refractivity contribution is -0.116. The summed E-state index contributed by atoms with van der Waals surface area (Å²) in [6.45, 7) is 4.35. The van der Waals surface area contributed by atoms with Gasteiger partial charge in [0.2, 0.25) is 5.91 Å². The second-order valence-electron chi connectivity index (χ2n) is 5.46. The minimum absolute atomic E-state index is 0.0129. The Kier molecular flexibility index (Phi) is 6.32. The van der Waals surface area contributed by atoms with E-state index in [1.807, 2.05) is 38.1 Å². The van der Waals surface area contributed by atoms with Crippen molar-refractivity contribution in [3.05, 3.63) is 58.9 Å². The van der Waals surface area contributed by atoms with Crippen LogP contribution in [0.1, 0.15) is 29.3 Å². The summed E-state index contributed by atoms with van der Waals surface area (Å²) in [4.78, 5) is 30.3. The molecular formula is C18H20ClN3O2. The van der Waals surface area contributed by atoms with Gasteiger partial charge in [0.25, 0.3) is 5.91 Å². The molecule has 1 heterocycles. The Bertz CT molecular complexity index is 734. The lowest BCUT2D eigenvalue weighted by Gasteiger charge is -2.22. The summed E-state index contributed by atoms with van der Waals surface area (Å²) in [5.74, 6) is -0.465. The molecule has 0 saturated heterocycles. The molecule has 0 unspecified atom stereocenters. The number of aryl methyl sites for hydroxylation is 1. The van der Waals surface area contributed by atoms with E-state index in [1.54, 1.807) is 6.07 Å². The van der Waals surface area contributed by atoms with Gasteiger partial charge >= 0.3 is 0 Å². The third kappa shape index (κ3) is 4.80. The molecule has 1 aromatic carbocycles. The van der Waals surface area contributed by atoms with Gasteiger partial charge in [-0.3, -0.25) is 9.59 Å². The molecule has 126 valence electrons. The number of carbonyl (C=O) groups excluding carboxylic acids is 2. The summed E-state index contributed by atoms with van der Waals surface area (Å²) >= 11 is 5.84. The molecule has 1 N–H and O–H groups in total. The second-order valence-corrected chi connectivity index (χ2v) is 5.84. The number of aromatic nitrogens is 1. The van der Waals surface area contributed by atoms with Crippen molar-refractivity contribution in [3.63, 3.8) is 0 Å². The molecule has 0 radical (unpaired) electrons. The lowest BCUT2D eigenvalue weighted by Crippen LogP contribution is -2.38. The minimum atomic E-state index is -0.235. The zero-order valence-corrected chi connectivity index (χ0v) is 14.5. The Labute approximate surface area is 146 Å². The van der Waals surface area contributed by atoms with Gasteiger partial charge in [-0.1, -0.05) is 36.7 Å². The molecule has 0 saturated carbocycles. The summed E-state index contributed by atoms with van der Waals surface area (Å²) in [7, 11) is 0. The Morgan fingerprint density at radius 1 is 1.25 bits per heavy atom. The third-order valence-corrected chi connectivity index (χ3v) is 3.71. The molecular weight excluding hydrogens is 326 g/mol. The smallest absolute Gasteiger partial charge is 0.254 e. The Balaban J connectivity index is 2.09. The lowest BCUT2D eigenvalue weighted by atomic mass is 10.2. The first-order valence-electron chi connectivity index (χ1n) is 7.77. The van der Waals surface area contributed by atoms with Crippen molar-refractivity contribution in [1.82, 2.24) is 9.88 Å². The molecule has 0 atom stereocenters. The Morgan fingerprint density at radius 2 is 2.00 bits per heavy atom. The van der Waals surface area contributed by atoms with E-state index >= 15 is 0 Å². The van der Waals surface area contributed by atoms with Crippen LogP contribution in [0.2, 0.25) is 5.15 Å². The van der Waals surface area contributed by atoms with E-state index < -0.39 is 0 Å². The number of carbonyl (C=O) groups is 2. The number of nitrogens with zero attached hydrogens (tertiary/aromatic N) is 2. The molecule has 0 aliphatic rings. The van der Waals surface area contributed by atoms with Gasteiger partial charge in [-0.25, -0.2) is 4.98 Å². The average molecular weight is 346 g/mol. The summed E-state index contributed by atoms with van der Waals surface area (Å²) in [5.41, 5.74) is 2.14. The van der Waals surface area contributed by atoms with Crippen LogP contribution in [0.5, 0.6) is 0 Å². The average Bonchev–Trinajstić information content (AvgIpc) is 2.56. The number of rotatable bonds is 6. The van der Waals surface area contributed by atoms with E-state index in [0.29, 0.717) is 12.1 Å². The van der Waals surface area contributed by atoms with E-state index in [-0.39, 0.29) is 23.5 Å². The first-order valence-corrected chi connectivity index (χ1v) is 8.15. The van der Waals surface area contributed by atoms with Crippen LogP contribution in [0.3, 0.4) is 0 Å². The highest BCUT2D eigenvalue weighted by Gasteiger charge is 2.19. The highest BCUT2D eigenvalue weighted by molar-refractivity contribution is 6.29. The number of hydrogen-bond donors (Lipinski definition) is 1. The quantitative estimate of drug-likeness (QED) is 0.814. The largest absolute Gasteiger partial charge is 0.329 e. The predicted molar refractivity (Wildman–Crippen MR) is 95.3 cm³/mol. The zero-order valence-electron chi connectivity index (χ0n) is 13.8. The van der Waals surface area contributed by atoms with E-state index in [1.165, 1.54) is 17.2 Å². The fourth-order valence-electron chi connectivity index (χ4n) is 2.32.